The molecule has 1 aliphatic rings. The fourth-order valence-electron chi connectivity index (χ4n) is 4.30. The monoisotopic (exact) mass is 488 g/mol. The minimum absolute atomic E-state index is 0.0963. The number of ether oxygens (including phenoxy) is 1. The van der Waals surface area contributed by atoms with Crippen molar-refractivity contribution in [2.45, 2.75) is 13.0 Å². The molecular weight excluding hydrogens is 467 g/mol. The molecule has 0 saturated carbocycles. The summed E-state index contributed by atoms with van der Waals surface area (Å²) < 4.78 is 27.6. The van der Waals surface area contributed by atoms with E-state index in [0.717, 1.165) is 6.39 Å². The van der Waals surface area contributed by atoms with Gasteiger partial charge in [-0.05, 0) is 31.2 Å². The summed E-state index contributed by atoms with van der Waals surface area (Å²) in [5.41, 5.74) is 1.95. The Labute approximate surface area is 203 Å². The van der Waals surface area contributed by atoms with Crippen LogP contribution in [0.1, 0.15) is 17.4 Å². The number of aromatic nitrogens is 6. The fourth-order valence-corrected chi connectivity index (χ4v) is 4.30. The maximum atomic E-state index is 15.5. The fraction of sp³-hybridized carbons (Fsp3) is 0.208. The second kappa shape index (κ2) is 8.89. The zero-order chi connectivity index (χ0) is 24.6. The predicted molar refractivity (Wildman–Crippen MR) is 128 cm³/mol. The van der Waals surface area contributed by atoms with Crippen LogP contribution >= 0.6 is 0 Å². The van der Waals surface area contributed by atoms with E-state index in [1.807, 2.05) is 6.07 Å². The minimum atomic E-state index is -0.504. The number of oxazole rings is 1. The SMILES string of the molecule is C[C@@H]1COCCN1c1cc(-c2ccc(NC(=O)c3cocn3)cc2F)c2cnn(-c3ccn[nH]3)c2n1. The van der Waals surface area contributed by atoms with Crippen LogP contribution in [0.25, 0.3) is 28.0 Å². The molecule has 4 aromatic heterocycles. The molecule has 0 bridgehead atoms. The number of hydrogen-bond donors (Lipinski definition) is 2. The summed E-state index contributed by atoms with van der Waals surface area (Å²) in [7, 11) is 0. The van der Waals surface area contributed by atoms with Gasteiger partial charge in [0.25, 0.3) is 5.91 Å². The van der Waals surface area contributed by atoms with Gasteiger partial charge in [-0.1, -0.05) is 0 Å². The maximum absolute atomic E-state index is 15.5. The van der Waals surface area contributed by atoms with Crippen LogP contribution < -0.4 is 10.2 Å². The maximum Gasteiger partial charge on any atom is 0.277 e. The summed E-state index contributed by atoms with van der Waals surface area (Å²) in [5, 5.41) is 14.7. The summed E-state index contributed by atoms with van der Waals surface area (Å²) >= 11 is 0. The second-order valence-corrected chi connectivity index (χ2v) is 8.40. The van der Waals surface area contributed by atoms with E-state index in [0.29, 0.717) is 59.2 Å². The molecule has 6 rings (SSSR count). The normalized spacial score (nSPS) is 15.9. The van der Waals surface area contributed by atoms with Gasteiger partial charge in [0.1, 0.15) is 17.9 Å². The highest BCUT2D eigenvalue weighted by atomic mass is 19.1. The Balaban J connectivity index is 1.45. The minimum Gasteiger partial charge on any atom is -0.451 e. The van der Waals surface area contributed by atoms with Gasteiger partial charge >= 0.3 is 0 Å². The number of fused-ring (bicyclic) bond motifs is 1. The van der Waals surface area contributed by atoms with Crippen LogP contribution in [-0.4, -0.2) is 61.7 Å². The van der Waals surface area contributed by atoms with Crippen LogP contribution in [0.15, 0.2) is 59.8 Å². The van der Waals surface area contributed by atoms with Gasteiger partial charge in [-0.2, -0.15) is 14.9 Å². The van der Waals surface area contributed by atoms with Crippen LogP contribution in [-0.2, 0) is 4.74 Å². The molecule has 1 aromatic carbocycles. The average molecular weight is 488 g/mol. The van der Waals surface area contributed by atoms with Crippen LogP contribution in [0.2, 0.25) is 0 Å². The number of nitrogens with zero attached hydrogens (tertiary/aromatic N) is 6. The molecule has 11 nitrogen and oxygen atoms in total. The highest BCUT2D eigenvalue weighted by Gasteiger charge is 2.24. The quantitative estimate of drug-likeness (QED) is 0.385. The third-order valence-electron chi connectivity index (χ3n) is 6.09. The third-order valence-corrected chi connectivity index (χ3v) is 6.09. The first-order chi connectivity index (χ1) is 17.6. The molecular formula is C24H21FN8O3. The summed E-state index contributed by atoms with van der Waals surface area (Å²) in [6.07, 6.45) is 5.66. The van der Waals surface area contributed by atoms with Crippen LogP contribution in [0, 0.1) is 5.82 Å². The van der Waals surface area contributed by atoms with Gasteiger partial charge < -0.3 is 19.4 Å². The van der Waals surface area contributed by atoms with E-state index in [4.69, 9.17) is 14.1 Å². The number of benzene rings is 1. The standard InChI is InChI=1S/C24H21FN8O3/c1-14-11-35-7-6-32(14)22-9-17(18-10-28-33(23(18)30-22)21-4-5-27-31-21)16-3-2-15(8-19(16)25)29-24(34)20-12-36-13-26-20/h2-5,8-10,12-14H,6-7,11H2,1H3,(H,27,31)(H,29,34)/t14-/m1/s1. The lowest BCUT2D eigenvalue weighted by atomic mass is 10.0. The van der Waals surface area contributed by atoms with Gasteiger partial charge in [-0.15, -0.1) is 0 Å². The number of pyridine rings is 1. The molecule has 1 atom stereocenters. The zero-order valence-electron chi connectivity index (χ0n) is 19.2. The van der Waals surface area contributed by atoms with Crippen molar-refractivity contribution >= 4 is 28.4 Å². The number of hydrogen-bond acceptors (Lipinski definition) is 8. The molecule has 5 heterocycles. The van der Waals surface area contributed by atoms with Crippen LogP contribution in [0.5, 0.6) is 0 Å². The Morgan fingerprint density at radius 1 is 1.25 bits per heavy atom. The number of nitrogens with one attached hydrogen (secondary N) is 2. The van der Waals surface area contributed by atoms with Crippen molar-refractivity contribution in [1.82, 2.24) is 29.9 Å². The van der Waals surface area contributed by atoms with Gasteiger partial charge in [-0.3, -0.25) is 9.89 Å². The van der Waals surface area contributed by atoms with Crippen molar-refractivity contribution in [3.05, 3.63) is 66.9 Å². The van der Waals surface area contributed by atoms with Gasteiger partial charge in [0.05, 0.1) is 31.6 Å². The number of H-pyrrole nitrogens is 1. The predicted octanol–water partition coefficient (Wildman–Crippen LogP) is 3.42. The highest BCUT2D eigenvalue weighted by molar-refractivity contribution is 6.03. The molecule has 1 aliphatic heterocycles. The molecule has 0 aliphatic carbocycles. The summed E-state index contributed by atoms with van der Waals surface area (Å²) in [6.45, 7) is 3.87. The number of rotatable bonds is 5. The molecule has 182 valence electrons. The number of carbonyl (C=O) groups excluding carboxylic acids is 1. The van der Waals surface area contributed by atoms with E-state index < -0.39 is 11.7 Å². The Morgan fingerprint density at radius 3 is 2.92 bits per heavy atom. The van der Waals surface area contributed by atoms with Crippen molar-refractivity contribution in [3.8, 4) is 16.9 Å². The van der Waals surface area contributed by atoms with Crippen molar-refractivity contribution in [1.29, 1.82) is 0 Å². The van der Waals surface area contributed by atoms with Crippen LogP contribution in [0.3, 0.4) is 0 Å². The smallest absolute Gasteiger partial charge is 0.277 e. The molecule has 36 heavy (non-hydrogen) atoms. The lowest BCUT2D eigenvalue weighted by Crippen LogP contribution is -2.44. The first kappa shape index (κ1) is 21.9. The van der Waals surface area contributed by atoms with Crippen molar-refractivity contribution < 1.29 is 18.3 Å². The number of carbonyl (C=O) groups is 1. The number of amides is 1. The summed E-state index contributed by atoms with van der Waals surface area (Å²) in [5.74, 6) is 0.335. The first-order valence-corrected chi connectivity index (χ1v) is 11.3. The summed E-state index contributed by atoms with van der Waals surface area (Å²) in [6, 6.07) is 8.29. The van der Waals surface area contributed by atoms with E-state index in [1.165, 1.54) is 12.3 Å². The largest absolute Gasteiger partial charge is 0.451 e. The number of aromatic amines is 1. The highest BCUT2D eigenvalue weighted by Crippen LogP contribution is 2.35. The Bertz CT molecular complexity index is 1530. The first-order valence-electron chi connectivity index (χ1n) is 11.3. The Morgan fingerprint density at radius 2 is 2.17 bits per heavy atom. The van der Waals surface area contributed by atoms with Crippen LogP contribution in [0.4, 0.5) is 15.9 Å². The van der Waals surface area contributed by atoms with Gasteiger partial charge in [0, 0.05) is 34.8 Å². The second-order valence-electron chi connectivity index (χ2n) is 8.40. The zero-order valence-corrected chi connectivity index (χ0v) is 19.2. The number of halogens is 1. The summed E-state index contributed by atoms with van der Waals surface area (Å²) in [4.78, 5) is 23.1. The molecule has 0 radical (unpaired) electrons. The van der Waals surface area contributed by atoms with Crippen molar-refractivity contribution in [2.24, 2.45) is 0 Å². The van der Waals surface area contributed by atoms with Gasteiger partial charge in [0.15, 0.2) is 23.6 Å². The topological polar surface area (TPSA) is 127 Å². The molecule has 1 fully saturated rings. The van der Waals surface area contributed by atoms with E-state index in [1.54, 1.807) is 35.3 Å². The van der Waals surface area contributed by atoms with Crippen molar-refractivity contribution in [3.63, 3.8) is 0 Å². The van der Waals surface area contributed by atoms with E-state index in [-0.39, 0.29) is 11.7 Å². The molecule has 2 N–H and O–H groups in total. The van der Waals surface area contributed by atoms with E-state index in [9.17, 15) is 4.79 Å². The average Bonchev–Trinajstić information content (AvgIpc) is 3.66. The van der Waals surface area contributed by atoms with Gasteiger partial charge in [-0.25, -0.2) is 14.4 Å². The Hall–Kier alpha value is -4.58. The van der Waals surface area contributed by atoms with Gasteiger partial charge in [0.2, 0.25) is 0 Å². The molecule has 5 aromatic rings. The number of morpholine rings is 1. The van der Waals surface area contributed by atoms with Crippen molar-refractivity contribution in [2.75, 3.05) is 30.0 Å². The lowest BCUT2D eigenvalue weighted by Gasteiger charge is -2.34. The Kier molecular flexibility index (Phi) is 5.41. The third kappa shape index (κ3) is 3.86. The lowest BCUT2D eigenvalue weighted by molar-refractivity contribution is 0.0985. The molecule has 12 heteroatoms. The van der Waals surface area contributed by atoms with E-state index in [2.05, 4.69) is 37.4 Å². The molecule has 0 spiro atoms. The molecule has 1 amide bonds. The van der Waals surface area contributed by atoms with E-state index >= 15 is 4.39 Å². The molecule has 0 unspecified atom stereocenters. The molecule has 1 saturated heterocycles. The number of anilines is 2.